The van der Waals surface area contributed by atoms with Gasteiger partial charge in [-0.1, -0.05) is 0 Å². The van der Waals surface area contributed by atoms with Gasteiger partial charge in [0, 0.05) is 10.5 Å². The van der Waals surface area contributed by atoms with Gasteiger partial charge in [0.05, 0.1) is 17.7 Å². The van der Waals surface area contributed by atoms with E-state index in [2.05, 4.69) is 4.74 Å². The molecule has 21 heavy (non-hydrogen) atoms. The van der Waals surface area contributed by atoms with Crippen LogP contribution in [0.15, 0.2) is 17.0 Å². The first-order chi connectivity index (χ1) is 9.69. The van der Waals surface area contributed by atoms with Crippen molar-refractivity contribution in [2.45, 2.75) is 23.8 Å². The third-order valence-corrected chi connectivity index (χ3v) is 2.99. The molecule has 0 amide bonds. The minimum atomic E-state index is -4.78. The third kappa shape index (κ3) is 4.60. The Morgan fingerprint density at radius 1 is 1.43 bits per heavy atom. The number of esters is 1. The fourth-order valence-corrected chi connectivity index (χ4v) is 2.17. The number of carbonyl (C=O) groups excluding carboxylic acids is 1. The molecule has 9 heteroatoms. The number of carbonyl (C=O) groups is 1. The van der Waals surface area contributed by atoms with Crippen molar-refractivity contribution in [3.63, 3.8) is 0 Å². The summed E-state index contributed by atoms with van der Waals surface area (Å²) in [5.74, 6) is -1.03. The summed E-state index contributed by atoms with van der Waals surface area (Å²) in [7, 11) is 0. The molecule has 0 fully saturated rings. The lowest BCUT2D eigenvalue weighted by Gasteiger charge is -2.13. The van der Waals surface area contributed by atoms with Gasteiger partial charge in [-0.25, -0.2) is 13.6 Å². The molecule has 0 unspecified atom stereocenters. The van der Waals surface area contributed by atoms with Gasteiger partial charge in [-0.3, -0.25) is 0 Å². The number of benzene rings is 1. The van der Waals surface area contributed by atoms with Crippen LogP contribution in [0.25, 0.3) is 0 Å². The van der Waals surface area contributed by atoms with Crippen LogP contribution in [0.3, 0.4) is 0 Å². The Bertz CT molecular complexity index is 580. The molecule has 114 valence electrons. The predicted octanol–water partition coefficient (Wildman–Crippen LogP) is 4.28. The normalized spacial score (nSPS) is 11.3. The summed E-state index contributed by atoms with van der Waals surface area (Å²) >= 11 is -0.730. The van der Waals surface area contributed by atoms with Crippen LogP contribution in [-0.2, 0) is 4.74 Å². The van der Waals surface area contributed by atoms with Crippen LogP contribution in [0.5, 0.6) is 0 Å². The van der Waals surface area contributed by atoms with Gasteiger partial charge in [0.15, 0.2) is 0 Å². The number of ether oxygens (including phenoxy) is 1. The molecule has 1 aromatic rings. The molecule has 0 spiro atoms. The van der Waals surface area contributed by atoms with Crippen LogP contribution in [0, 0.1) is 11.3 Å². The minimum Gasteiger partial charge on any atom is -0.462 e. The molecule has 0 saturated carbocycles. The van der Waals surface area contributed by atoms with Crippen LogP contribution >= 0.6 is 11.8 Å². The third-order valence-electron chi connectivity index (χ3n) is 2.22. The monoisotopic (exact) mass is 325 g/mol. The summed E-state index contributed by atoms with van der Waals surface area (Å²) in [6.45, 7) is 1.39. The summed E-state index contributed by atoms with van der Waals surface area (Å²) in [5, 5.41) is 8.80. The minimum absolute atomic E-state index is 0.0649. The SMILES string of the molecule is CCOC(=O)c1cc(SC(F)(F)F)c(C#N)c(C(F)F)c1. The maximum Gasteiger partial charge on any atom is 0.446 e. The molecular weight excluding hydrogens is 317 g/mol. The van der Waals surface area contributed by atoms with Gasteiger partial charge >= 0.3 is 11.5 Å². The van der Waals surface area contributed by atoms with E-state index in [1.807, 2.05) is 0 Å². The number of nitriles is 1. The molecule has 0 N–H and O–H groups in total. The average Bonchev–Trinajstić information content (AvgIpc) is 2.36. The molecule has 0 atom stereocenters. The van der Waals surface area contributed by atoms with E-state index in [0.717, 1.165) is 6.07 Å². The van der Waals surface area contributed by atoms with E-state index < -0.39 is 51.3 Å². The standard InChI is InChI=1S/C12H8F5NO2S/c1-2-20-11(19)6-3-7(10(13)14)8(5-18)9(4-6)21-12(15,16)17/h3-4,10H,2H2,1H3. The maximum atomic E-state index is 12.9. The Balaban J connectivity index is 3.45. The van der Waals surface area contributed by atoms with Crippen LogP contribution in [0.2, 0.25) is 0 Å². The van der Waals surface area contributed by atoms with E-state index in [0.29, 0.717) is 6.07 Å². The van der Waals surface area contributed by atoms with Gasteiger partial charge in [0.2, 0.25) is 0 Å². The molecule has 0 saturated heterocycles. The largest absolute Gasteiger partial charge is 0.462 e. The highest BCUT2D eigenvalue weighted by atomic mass is 32.2. The number of nitrogens with zero attached hydrogens (tertiary/aromatic N) is 1. The molecule has 0 heterocycles. The first kappa shape index (κ1) is 17.2. The Kier molecular flexibility index (Phi) is 5.54. The summed E-state index contributed by atoms with van der Waals surface area (Å²) in [4.78, 5) is 10.7. The second-order valence-electron chi connectivity index (χ2n) is 3.62. The topological polar surface area (TPSA) is 50.1 Å². The lowest BCUT2D eigenvalue weighted by atomic mass is 10.0. The van der Waals surface area contributed by atoms with Gasteiger partial charge in [-0.15, -0.1) is 0 Å². The van der Waals surface area contributed by atoms with Gasteiger partial charge in [-0.05, 0) is 30.8 Å². The Labute approximate surface area is 120 Å². The van der Waals surface area contributed by atoms with Crippen molar-refractivity contribution in [1.82, 2.24) is 0 Å². The molecule has 1 rings (SSSR count). The van der Waals surface area contributed by atoms with Gasteiger partial charge < -0.3 is 4.74 Å². The van der Waals surface area contributed by atoms with Crippen molar-refractivity contribution in [2.24, 2.45) is 0 Å². The summed E-state index contributed by atoms with van der Waals surface area (Å²) in [6.07, 6.45) is -3.19. The number of alkyl halides is 5. The Morgan fingerprint density at radius 3 is 2.48 bits per heavy atom. The summed E-state index contributed by atoms with van der Waals surface area (Å²) in [5.41, 5.74) is -6.98. The highest BCUT2D eigenvalue weighted by molar-refractivity contribution is 8.00. The molecule has 0 aliphatic carbocycles. The van der Waals surface area contributed by atoms with Crippen molar-refractivity contribution < 1.29 is 31.5 Å². The fraction of sp³-hybridized carbons (Fsp3) is 0.333. The van der Waals surface area contributed by atoms with E-state index in [-0.39, 0.29) is 6.61 Å². The Hall–Kier alpha value is -1.82. The Morgan fingerprint density at radius 2 is 2.05 bits per heavy atom. The molecule has 3 nitrogen and oxygen atoms in total. The van der Waals surface area contributed by atoms with Gasteiger partial charge in [0.1, 0.15) is 6.07 Å². The molecule has 0 aliphatic heterocycles. The van der Waals surface area contributed by atoms with E-state index in [9.17, 15) is 26.7 Å². The highest BCUT2D eigenvalue weighted by Gasteiger charge is 2.33. The molecular formula is C12H8F5NO2S. The first-order valence-electron chi connectivity index (χ1n) is 5.48. The molecule has 1 aromatic carbocycles. The lowest BCUT2D eigenvalue weighted by molar-refractivity contribution is -0.0328. The van der Waals surface area contributed by atoms with Crippen LogP contribution < -0.4 is 0 Å². The zero-order valence-electron chi connectivity index (χ0n) is 10.5. The highest BCUT2D eigenvalue weighted by Crippen LogP contribution is 2.41. The van der Waals surface area contributed by atoms with E-state index in [1.165, 1.54) is 13.0 Å². The quantitative estimate of drug-likeness (QED) is 0.471. The number of rotatable bonds is 4. The molecule has 0 aliphatic rings. The average molecular weight is 325 g/mol. The van der Waals surface area contributed by atoms with Crippen LogP contribution in [0.1, 0.15) is 34.8 Å². The fourth-order valence-electron chi connectivity index (χ4n) is 1.47. The van der Waals surface area contributed by atoms with E-state index in [4.69, 9.17) is 5.26 Å². The van der Waals surface area contributed by atoms with Gasteiger partial charge in [-0.2, -0.15) is 18.4 Å². The molecule has 0 bridgehead atoms. The van der Waals surface area contributed by atoms with E-state index >= 15 is 0 Å². The zero-order valence-corrected chi connectivity index (χ0v) is 11.3. The van der Waals surface area contributed by atoms with Crippen molar-refractivity contribution in [2.75, 3.05) is 6.61 Å². The van der Waals surface area contributed by atoms with Crippen molar-refractivity contribution >= 4 is 17.7 Å². The van der Waals surface area contributed by atoms with Crippen molar-refractivity contribution in [1.29, 1.82) is 5.26 Å². The summed E-state index contributed by atoms with van der Waals surface area (Å²) in [6, 6.07) is 2.70. The van der Waals surface area contributed by atoms with Crippen molar-refractivity contribution in [3.05, 3.63) is 28.8 Å². The maximum absolute atomic E-state index is 12.9. The van der Waals surface area contributed by atoms with Crippen LogP contribution in [-0.4, -0.2) is 18.1 Å². The molecule has 0 aromatic heterocycles. The van der Waals surface area contributed by atoms with Crippen molar-refractivity contribution in [3.8, 4) is 6.07 Å². The number of halogens is 5. The smallest absolute Gasteiger partial charge is 0.446 e. The second-order valence-corrected chi connectivity index (χ2v) is 4.73. The predicted molar refractivity (Wildman–Crippen MR) is 64.0 cm³/mol. The summed E-state index contributed by atoms with van der Waals surface area (Å²) < 4.78 is 67.6. The number of thioether (sulfide) groups is 1. The van der Waals surface area contributed by atoms with Gasteiger partial charge in [0.25, 0.3) is 6.43 Å². The van der Waals surface area contributed by atoms with Crippen LogP contribution in [0.4, 0.5) is 22.0 Å². The first-order valence-corrected chi connectivity index (χ1v) is 6.30. The zero-order chi connectivity index (χ0) is 16.2. The number of hydrogen-bond acceptors (Lipinski definition) is 4. The van der Waals surface area contributed by atoms with E-state index in [1.54, 1.807) is 0 Å². The second kappa shape index (κ2) is 6.76. The number of hydrogen-bond donors (Lipinski definition) is 0. The lowest BCUT2D eigenvalue weighted by Crippen LogP contribution is -2.09. The molecule has 0 radical (unpaired) electrons.